The predicted octanol–water partition coefficient (Wildman–Crippen LogP) is 2.65. The van der Waals surface area contributed by atoms with Gasteiger partial charge in [-0.3, -0.25) is 4.68 Å². The van der Waals surface area contributed by atoms with E-state index in [0.29, 0.717) is 0 Å². The molecule has 1 aromatic heterocycles. The van der Waals surface area contributed by atoms with E-state index in [1.165, 1.54) is 0 Å². The molecule has 0 radical (unpaired) electrons. The third-order valence-electron chi connectivity index (χ3n) is 4.23. The molecular formula is C13H14F6N2O2. The first-order chi connectivity index (χ1) is 10.5. The minimum atomic E-state index is -4.98. The van der Waals surface area contributed by atoms with E-state index in [0.717, 1.165) is 4.68 Å². The number of aryl methyl sites for hydroxylation is 1. The number of aliphatic hydroxyl groups excluding tert-OH is 1. The second-order valence-electron chi connectivity index (χ2n) is 5.99. The van der Waals surface area contributed by atoms with Crippen molar-refractivity contribution in [1.82, 2.24) is 9.78 Å². The van der Waals surface area contributed by atoms with Crippen LogP contribution in [0.3, 0.4) is 0 Å². The number of nitrogens with zero attached hydrogens (tertiary/aromatic N) is 2. The fourth-order valence-corrected chi connectivity index (χ4v) is 2.86. The minimum Gasteiger partial charge on any atom is -0.382 e. The SMILES string of the molecule is O[C@H]1c2c(C(F)(F)F)nn(CCC3(F)COC3)c2CCC1(F)F. The Bertz CT molecular complexity index is 608. The van der Waals surface area contributed by atoms with Gasteiger partial charge < -0.3 is 9.84 Å². The van der Waals surface area contributed by atoms with Crippen molar-refractivity contribution in [3.8, 4) is 0 Å². The molecule has 1 fully saturated rings. The van der Waals surface area contributed by atoms with E-state index in [9.17, 15) is 31.4 Å². The molecule has 4 nitrogen and oxygen atoms in total. The van der Waals surface area contributed by atoms with Crippen molar-refractivity contribution in [2.45, 2.75) is 49.7 Å². The average Bonchev–Trinajstić information content (AvgIpc) is 2.78. The highest BCUT2D eigenvalue weighted by molar-refractivity contribution is 5.35. The van der Waals surface area contributed by atoms with Crippen LogP contribution in [0.1, 0.15) is 35.9 Å². The highest BCUT2D eigenvalue weighted by atomic mass is 19.4. The van der Waals surface area contributed by atoms with Crippen LogP contribution < -0.4 is 0 Å². The molecule has 3 rings (SSSR count). The van der Waals surface area contributed by atoms with E-state index in [1.54, 1.807) is 0 Å². The van der Waals surface area contributed by atoms with Crippen LogP contribution in [0.5, 0.6) is 0 Å². The van der Waals surface area contributed by atoms with Crippen molar-refractivity contribution in [2.75, 3.05) is 13.2 Å². The van der Waals surface area contributed by atoms with Gasteiger partial charge in [0, 0.05) is 30.6 Å². The molecule has 130 valence electrons. The third kappa shape index (κ3) is 2.82. The summed E-state index contributed by atoms with van der Waals surface area (Å²) in [6.07, 6.45) is -8.82. The summed E-state index contributed by atoms with van der Waals surface area (Å²) in [6, 6.07) is 0. The molecule has 0 spiro atoms. The summed E-state index contributed by atoms with van der Waals surface area (Å²) in [7, 11) is 0. The van der Waals surface area contributed by atoms with Gasteiger partial charge in [0.25, 0.3) is 5.92 Å². The Kier molecular flexibility index (Phi) is 3.67. The largest absolute Gasteiger partial charge is 0.435 e. The van der Waals surface area contributed by atoms with Gasteiger partial charge in [-0.2, -0.15) is 18.3 Å². The number of aromatic nitrogens is 2. The van der Waals surface area contributed by atoms with Crippen LogP contribution in [0.2, 0.25) is 0 Å². The standard InChI is InChI=1S/C13H14F6N2O2/c14-11(5-23-6-11)3-4-21-7-1-2-12(15,16)10(22)8(7)9(20-21)13(17,18)19/h10,22H,1-6H2/t10-/m0/s1. The Hall–Kier alpha value is -1.29. The zero-order chi connectivity index (χ0) is 17.0. The molecule has 0 bridgehead atoms. The summed E-state index contributed by atoms with van der Waals surface area (Å²) in [5.41, 5.74) is -4.17. The van der Waals surface area contributed by atoms with Gasteiger partial charge in [0.2, 0.25) is 0 Å². The number of halogens is 6. The Morgan fingerprint density at radius 3 is 2.43 bits per heavy atom. The second kappa shape index (κ2) is 5.10. The van der Waals surface area contributed by atoms with Crippen molar-refractivity contribution in [3.05, 3.63) is 17.0 Å². The molecular weight excluding hydrogens is 330 g/mol. The van der Waals surface area contributed by atoms with Crippen LogP contribution in [0.4, 0.5) is 26.3 Å². The lowest BCUT2D eigenvalue weighted by Crippen LogP contribution is -2.46. The first-order valence-electron chi connectivity index (χ1n) is 7.03. The highest BCUT2D eigenvalue weighted by Gasteiger charge is 2.51. The maximum Gasteiger partial charge on any atom is 0.435 e. The summed E-state index contributed by atoms with van der Waals surface area (Å²) < 4.78 is 85.8. The molecule has 1 N–H and O–H groups in total. The van der Waals surface area contributed by atoms with E-state index < -0.39 is 41.5 Å². The van der Waals surface area contributed by atoms with Crippen molar-refractivity contribution in [3.63, 3.8) is 0 Å². The maximum absolute atomic E-state index is 13.9. The summed E-state index contributed by atoms with van der Waals surface area (Å²) in [4.78, 5) is 0. The van der Waals surface area contributed by atoms with Crippen molar-refractivity contribution in [2.24, 2.45) is 0 Å². The van der Waals surface area contributed by atoms with E-state index in [-0.39, 0.29) is 38.3 Å². The van der Waals surface area contributed by atoms with Gasteiger partial charge in [0.15, 0.2) is 11.4 Å². The fraction of sp³-hybridized carbons (Fsp3) is 0.769. The molecule has 23 heavy (non-hydrogen) atoms. The first kappa shape index (κ1) is 16.6. The molecule has 0 unspecified atom stereocenters. The quantitative estimate of drug-likeness (QED) is 0.858. The van der Waals surface area contributed by atoms with Gasteiger partial charge in [-0.25, -0.2) is 13.2 Å². The van der Waals surface area contributed by atoms with E-state index >= 15 is 0 Å². The Morgan fingerprint density at radius 2 is 1.91 bits per heavy atom. The average molecular weight is 344 g/mol. The Labute approximate surface area is 127 Å². The van der Waals surface area contributed by atoms with Gasteiger partial charge in [-0.1, -0.05) is 0 Å². The van der Waals surface area contributed by atoms with Gasteiger partial charge in [0.1, 0.15) is 6.10 Å². The zero-order valence-electron chi connectivity index (χ0n) is 11.8. The summed E-state index contributed by atoms with van der Waals surface area (Å²) in [5, 5.41) is 13.0. The smallest absolute Gasteiger partial charge is 0.382 e. The molecule has 2 aliphatic rings. The molecule has 10 heteroatoms. The van der Waals surface area contributed by atoms with Crippen molar-refractivity contribution in [1.29, 1.82) is 0 Å². The van der Waals surface area contributed by atoms with Crippen LogP contribution >= 0.6 is 0 Å². The lowest BCUT2D eigenvalue weighted by Gasteiger charge is -2.34. The number of aliphatic hydroxyl groups is 1. The molecule has 1 aliphatic carbocycles. The topological polar surface area (TPSA) is 47.3 Å². The fourth-order valence-electron chi connectivity index (χ4n) is 2.86. The summed E-state index contributed by atoms with van der Waals surface area (Å²) in [5.74, 6) is -3.65. The maximum atomic E-state index is 13.9. The van der Waals surface area contributed by atoms with Crippen LogP contribution in [0.25, 0.3) is 0 Å². The number of ether oxygens (including phenoxy) is 1. The first-order valence-corrected chi connectivity index (χ1v) is 7.03. The van der Waals surface area contributed by atoms with Crippen molar-refractivity contribution < 1.29 is 36.2 Å². The lowest BCUT2D eigenvalue weighted by atomic mass is 9.89. The monoisotopic (exact) mass is 344 g/mol. The number of hydrogen-bond donors (Lipinski definition) is 1. The summed E-state index contributed by atoms with van der Waals surface area (Å²) >= 11 is 0. The number of fused-ring (bicyclic) bond motifs is 1. The van der Waals surface area contributed by atoms with Crippen LogP contribution in [-0.2, 0) is 23.9 Å². The number of hydrogen-bond acceptors (Lipinski definition) is 3. The molecule has 1 aromatic rings. The molecule has 2 heterocycles. The van der Waals surface area contributed by atoms with Gasteiger partial charge in [-0.15, -0.1) is 0 Å². The molecule has 1 saturated heterocycles. The van der Waals surface area contributed by atoms with Gasteiger partial charge in [-0.05, 0) is 6.42 Å². The molecule has 0 saturated carbocycles. The van der Waals surface area contributed by atoms with Crippen LogP contribution in [0.15, 0.2) is 0 Å². The minimum absolute atomic E-state index is 0.111. The van der Waals surface area contributed by atoms with Crippen LogP contribution in [0, 0.1) is 0 Å². The molecule has 0 amide bonds. The molecule has 1 atom stereocenters. The Morgan fingerprint density at radius 1 is 1.26 bits per heavy atom. The van der Waals surface area contributed by atoms with E-state index in [2.05, 4.69) is 5.10 Å². The Balaban J connectivity index is 1.95. The van der Waals surface area contributed by atoms with E-state index in [4.69, 9.17) is 4.74 Å². The normalized spacial score (nSPS) is 25.8. The third-order valence-corrected chi connectivity index (χ3v) is 4.23. The number of rotatable bonds is 3. The lowest BCUT2D eigenvalue weighted by molar-refractivity contribution is -0.150. The van der Waals surface area contributed by atoms with Gasteiger partial charge in [0.05, 0.1) is 13.2 Å². The highest BCUT2D eigenvalue weighted by Crippen LogP contribution is 2.46. The van der Waals surface area contributed by atoms with Gasteiger partial charge >= 0.3 is 6.18 Å². The molecule has 1 aliphatic heterocycles. The number of alkyl halides is 6. The zero-order valence-corrected chi connectivity index (χ0v) is 11.8. The van der Waals surface area contributed by atoms with Crippen molar-refractivity contribution >= 4 is 0 Å². The summed E-state index contributed by atoms with van der Waals surface area (Å²) in [6.45, 7) is -0.497. The molecule has 0 aromatic carbocycles. The van der Waals surface area contributed by atoms with E-state index in [1.807, 2.05) is 0 Å². The predicted molar refractivity (Wildman–Crippen MR) is 64.7 cm³/mol. The second-order valence-corrected chi connectivity index (χ2v) is 5.99. The van der Waals surface area contributed by atoms with Crippen LogP contribution in [-0.4, -0.2) is 39.7 Å².